The van der Waals surface area contributed by atoms with Gasteiger partial charge in [-0.2, -0.15) is 13.9 Å². The predicted molar refractivity (Wildman–Crippen MR) is 42.6 cm³/mol. The molecular weight excluding hydrogens is 180 g/mol. The van der Waals surface area contributed by atoms with Crippen molar-refractivity contribution in [1.82, 2.24) is 10.2 Å². The van der Waals surface area contributed by atoms with Gasteiger partial charge in [-0.15, -0.1) is 0 Å². The molecule has 1 heterocycles. The van der Waals surface area contributed by atoms with Crippen LogP contribution < -0.4 is 5.32 Å². The first-order chi connectivity index (χ1) is 6.15. The summed E-state index contributed by atoms with van der Waals surface area (Å²) in [5, 5.41) is 8.08. The van der Waals surface area contributed by atoms with Crippen molar-refractivity contribution in [3.63, 3.8) is 0 Å². The Morgan fingerprint density at radius 2 is 2.46 bits per heavy atom. The van der Waals surface area contributed by atoms with Gasteiger partial charge in [-0.3, -0.25) is 9.89 Å². The topological polar surface area (TPSA) is 57.8 Å². The molecule has 0 bridgehead atoms. The normalized spacial score (nSPS) is 10.5. The maximum atomic E-state index is 11.8. The number of carbonyl (C=O) groups excluding carboxylic acids is 1. The summed E-state index contributed by atoms with van der Waals surface area (Å²) in [5.41, 5.74) is 0.703. The Morgan fingerprint density at radius 1 is 1.77 bits per heavy atom. The summed E-state index contributed by atoms with van der Waals surface area (Å²) < 4.78 is 23.6. The van der Waals surface area contributed by atoms with Gasteiger partial charge in [0.2, 0.25) is 0 Å². The highest BCUT2D eigenvalue weighted by Gasteiger charge is 2.16. The van der Waals surface area contributed by atoms with Gasteiger partial charge in [0.15, 0.2) is 0 Å². The molecule has 0 aromatic carbocycles. The lowest BCUT2D eigenvalue weighted by Crippen LogP contribution is -2.20. The van der Waals surface area contributed by atoms with Crippen molar-refractivity contribution >= 4 is 11.7 Å². The first kappa shape index (κ1) is 9.63. The average Bonchev–Trinajstić information content (AvgIpc) is 2.51. The second-order valence-electron chi connectivity index (χ2n) is 2.41. The van der Waals surface area contributed by atoms with E-state index in [0.29, 0.717) is 12.0 Å². The smallest absolute Gasteiger partial charge is 0.306 e. The lowest BCUT2D eigenvalue weighted by molar-refractivity contribution is -0.126. The number of aromatic amines is 1. The molecule has 0 aliphatic carbocycles. The van der Waals surface area contributed by atoms with Crippen LogP contribution in [0.4, 0.5) is 14.6 Å². The van der Waals surface area contributed by atoms with Gasteiger partial charge in [0.25, 0.3) is 5.91 Å². The molecule has 0 saturated carbocycles. The van der Waals surface area contributed by atoms with Crippen LogP contribution in [0.5, 0.6) is 0 Å². The number of nitrogens with zero attached hydrogens (tertiary/aromatic N) is 1. The number of amides is 1. The summed E-state index contributed by atoms with van der Waals surface area (Å²) in [6, 6.07) is 0. The van der Waals surface area contributed by atoms with Crippen LogP contribution in [0.1, 0.15) is 12.5 Å². The summed E-state index contributed by atoms with van der Waals surface area (Å²) in [6.07, 6.45) is -0.899. The Hall–Kier alpha value is -1.46. The van der Waals surface area contributed by atoms with E-state index in [1.807, 2.05) is 12.2 Å². The van der Waals surface area contributed by atoms with E-state index in [-0.39, 0.29) is 5.82 Å². The molecule has 0 unspecified atom stereocenters. The van der Waals surface area contributed by atoms with Gasteiger partial charge in [0.05, 0.1) is 6.20 Å². The van der Waals surface area contributed by atoms with Crippen molar-refractivity contribution in [3.8, 4) is 0 Å². The van der Waals surface area contributed by atoms with Crippen molar-refractivity contribution < 1.29 is 13.6 Å². The van der Waals surface area contributed by atoms with Gasteiger partial charge in [-0.1, -0.05) is 6.92 Å². The van der Waals surface area contributed by atoms with Crippen molar-refractivity contribution in [1.29, 1.82) is 0 Å². The lowest BCUT2D eigenvalue weighted by Gasteiger charge is -2.02. The molecule has 2 N–H and O–H groups in total. The molecule has 0 spiro atoms. The number of anilines is 1. The van der Waals surface area contributed by atoms with Crippen LogP contribution in [0.3, 0.4) is 0 Å². The van der Waals surface area contributed by atoms with Crippen LogP contribution in [0, 0.1) is 0 Å². The number of aryl methyl sites for hydroxylation is 1. The number of aromatic nitrogens is 2. The highest BCUT2D eigenvalue weighted by atomic mass is 19.3. The minimum Gasteiger partial charge on any atom is -0.306 e. The van der Waals surface area contributed by atoms with E-state index in [2.05, 4.69) is 10.2 Å². The highest BCUT2D eigenvalue weighted by Crippen LogP contribution is 2.11. The number of rotatable bonds is 3. The van der Waals surface area contributed by atoms with E-state index >= 15 is 0 Å². The molecule has 0 atom stereocenters. The Labute approximate surface area is 73.3 Å². The molecule has 0 saturated heterocycles. The molecule has 1 aromatic rings. The van der Waals surface area contributed by atoms with Crippen LogP contribution in [0.15, 0.2) is 6.20 Å². The molecular formula is C7H9F2N3O. The number of halogens is 2. The zero-order chi connectivity index (χ0) is 9.84. The third-order valence-corrected chi connectivity index (χ3v) is 1.55. The fourth-order valence-electron chi connectivity index (χ4n) is 0.865. The molecule has 0 radical (unpaired) electrons. The van der Waals surface area contributed by atoms with E-state index in [9.17, 15) is 13.6 Å². The first-order valence-electron chi connectivity index (χ1n) is 3.76. The highest BCUT2D eigenvalue weighted by molar-refractivity contribution is 5.92. The summed E-state index contributed by atoms with van der Waals surface area (Å²) in [4.78, 5) is 10.6. The molecule has 13 heavy (non-hydrogen) atoms. The fraction of sp³-hybridized carbons (Fsp3) is 0.429. The Morgan fingerprint density at radius 3 is 3.00 bits per heavy atom. The van der Waals surface area contributed by atoms with Crippen molar-refractivity contribution in [2.75, 3.05) is 5.32 Å². The monoisotopic (exact) mass is 189 g/mol. The number of H-pyrrole nitrogens is 1. The van der Waals surface area contributed by atoms with E-state index in [1.54, 1.807) is 0 Å². The quantitative estimate of drug-likeness (QED) is 0.749. The van der Waals surface area contributed by atoms with Crippen molar-refractivity contribution in [3.05, 3.63) is 11.8 Å². The fourth-order valence-corrected chi connectivity index (χ4v) is 0.865. The van der Waals surface area contributed by atoms with E-state index in [1.165, 1.54) is 6.20 Å². The van der Waals surface area contributed by atoms with Gasteiger partial charge in [0, 0.05) is 5.56 Å². The minimum atomic E-state index is -3.01. The van der Waals surface area contributed by atoms with Crippen LogP contribution in [0.2, 0.25) is 0 Å². The van der Waals surface area contributed by atoms with Crippen molar-refractivity contribution in [2.24, 2.45) is 0 Å². The van der Waals surface area contributed by atoms with Crippen molar-refractivity contribution in [2.45, 2.75) is 19.8 Å². The molecule has 0 aliphatic heterocycles. The van der Waals surface area contributed by atoms with Gasteiger partial charge in [-0.05, 0) is 6.42 Å². The Balaban J connectivity index is 2.68. The van der Waals surface area contributed by atoms with Crippen LogP contribution in [0.25, 0.3) is 0 Å². The minimum absolute atomic E-state index is 0.243. The largest absolute Gasteiger partial charge is 0.315 e. The predicted octanol–water partition coefficient (Wildman–Crippen LogP) is 1.18. The average molecular weight is 189 g/mol. The number of carbonyl (C=O) groups is 1. The zero-order valence-electron chi connectivity index (χ0n) is 6.97. The van der Waals surface area contributed by atoms with Crippen LogP contribution in [-0.4, -0.2) is 22.5 Å². The second kappa shape index (κ2) is 3.97. The Kier molecular flexibility index (Phi) is 2.94. The summed E-state index contributed by atoms with van der Waals surface area (Å²) in [7, 11) is 0. The molecule has 1 rings (SSSR count). The van der Waals surface area contributed by atoms with Crippen LogP contribution in [-0.2, 0) is 11.2 Å². The molecule has 0 aliphatic rings. The molecule has 0 fully saturated rings. The third kappa shape index (κ3) is 2.24. The second-order valence-corrected chi connectivity index (χ2v) is 2.41. The standard InChI is InChI=1S/C7H9F2N3O/c1-2-4-3-10-12-6(4)11-7(13)5(8)9/h3,5H,2H2,1H3,(H2,10,11,12,13). The Bertz CT molecular complexity index is 298. The molecule has 4 nitrogen and oxygen atoms in total. The zero-order valence-corrected chi connectivity index (χ0v) is 6.97. The number of alkyl halides is 2. The summed E-state index contributed by atoms with van der Waals surface area (Å²) in [6.45, 7) is 1.84. The van der Waals surface area contributed by atoms with Gasteiger partial charge < -0.3 is 5.32 Å². The van der Waals surface area contributed by atoms with E-state index in [0.717, 1.165) is 0 Å². The summed E-state index contributed by atoms with van der Waals surface area (Å²) in [5.74, 6) is -1.08. The first-order valence-corrected chi connectivity index (χ1v) is 3.76. The number of hydrogen-bond donors (Lipinski definition) is 2. The van der Waals surface area contributed by atoms with Gasteiger partial charge in [0.1, 0.15) is 5.82 Å². The van der Waals surface area contributed by atoms with Gasteiger partial charge in [-0.25, -0.2) is 0 Å². The SMILES string of the molecule is CCc1cn[nH]c1NC(=O)C(F)F. The maximum Gasteiger partial charge on any atom is 0.315 e. The summed E-state index contributed by atoms with van der Waals surface area (Å²) >= 11 is 0. The lowest BCUT2D eigenvalue weighted by atomic mass is 10.2. The number of nitrogens with one attached hydrogen (secondary N) is 2. The van der Waals surface area contributed by atoms with E-state index < -0.39 is 12.3 Å². The number of hydrogen-bond acceptors (Lipinski definition) is 2. The molecule has 6 heteroatoms. The van der Waals surface area contributed by atoms with Gasteiger partial charge >= 0.3 is 6.43 Å². The molecule has 72 valence electrons. The molecule has 1 aromatic heterocycles. The van der Waals surface area contributed by atoms with Crippen LogP contribution >= 0.6 is 0 Å². The maximum absolute atomic E-state index is 11.8. The third-order valence-electron chi connectivity index (χ3n) is 1.55. The molecule has 1 amide bonds. The van der Waals surface area contributed by atoms with E-state index in [4.69, 9.17) is 0 Å².